The second-order valence-corrected chi connectivity index (χ2v) is 6.61. The Labute approximate surface area is 105 Å². The van der Waals surface area contributed by atoms with Gasteiger partial charge < -0.3 is 0 Å². The predicted molar refractivity (Wildman–Crippen MR) is 64.4 cm³/mol. The lowest BCUT2D eigenvalue weighted by Gasteiger charge is -2.31. The Bertz CT molecular complexity index is 466. The maximum atomic E-state index is 11.9. The van der Waals surface area contributed by atoms with Crippen molar-refractivity contribution >= 4 is 33.2 Å². The summed E-state index contributed by atoms with van der Waals surface area (Å²) in [5.74, 6) is 0. The summed E-state index contributed by atoms with van der Waals surface area (Å²) in [6.07, 6.45) is 1.38. The molecule has 1 aliphatic rings. The van der Waals surface area contributed by atoms with Crippen LogP contribution in [-0.4, -0.2) is 19.8 Å². The molecule has 88 valence electrons. The standard InChI is InChI=1S/C10H11Cl2NO2S/c11-7-1-3-10(4-2-7)16(14,15)13-9-5-8(12)6-9/h1-4,8-9,13H,5-6H2. The summed E-state index contributed by atoms with van der Waals surface area (Å²) in [4.78, 5) is 0.231. The average Bonchev–Trinajstić information content (AvgIpc) is 2.15. The largest absolute Gasteiger partial charge is 0.240 e. The molecule has 1 N–H and O–H groups in total. The number of alkyl halides is 1. The predicted octanol–water partition coefficient (Wildman–Crippen LogP) is 2.39. The summed E-state index contributed by atoms with van der Waals surface area (Å²) in [6, 6.07) is 6.05. The smallest absolute Gasteiger partial charge is 0.208 e. The van der Waals surface area contributed by atoms with E-state index in [1.54, 1.807) is 12.1 Å². The molecule has 6 heteroatoms. The van der Waals surface area contributed by atoms with Crippen LogP contribution in [0.1, 0.15) is 12.8 Å². The zero-order valence-electron chi connectivity index (χ0n) is 8.36. The highest BCUT2D eigenvalue weighted by atomic mass is 35.5. The first-order valence-corrected chi connectivity index (χ1v) is 7.19. The van der Waals surface area contributed by atoms with Gasteiger partial charge in [-0.2, -0.15) is 0 Å². The third-order valence-corrected chi connectivity index (χ3v) is 4.67. The molecule has 16 heavy (non-hydrogen) atoms. The highest BCUT2D eigenvalue weighted by Gasteiger charge is 2.31. The van der Waals surface area contributed by atoms with E-state index in [-0.39, 0.29) is 16.3 Å². The van der Waals surface area contributed by atoms with Crippen molar-refractivity contribution in [1.82, 2.24) is 4.72 Å². The van der Waals surface area contributed by atoms with Crippen LogP contribution in [0.25, 0.3) is 0 Å². The number of hydrogen-bond acceptors (Lipinski definition) is 2. The SMILES string of the molecule is O=S(=O)(NC1CC(Cl)C1)c1ccc(Cl)cc1. The fourth-order valence-corrected chi connectivity index (χ4v) is 3.36. The van der Waals surface area contributed by atoms with Crippen molar-refractivity contribution in [3.63, 3.8) is 0 Å². The molecule has 1 aromatic rings. The highest BCUT2D eigenvalue weighted by molar-refractivity contribution is 7.89. The lowest BCUT2D eigenvalue weighted by atomic mass is 9.94. The topological polar surface area (TPSA) is 46.2 Å². The normalized spacial score (nSPS) is 25.1. The van der Waals surface area contributed by atoms with E-state index in [9.17, 15) is 8.42 Å². The van der Waals surface area contributed by atoms with Crippen molar-refractivity contribution in [3.05, 3.63) is 29.3 Å². The minimum atomic E-state index is -3.43. The summed E-state index contributed by atoms with van der Waals surface area (Å²) in [6.45, 7) is 0. The van der Waals surface area contributed by atoms with Crippen LogP contribution >= 0.6 is 23.2 Å². The van der Waals surface area contributed by atoms with Gasteiger partial charge in [0.2, 0.25) is 10.0 Å². The van der Waals surface area contributed by atoms with E-state index in [1.165, 1.54) is 12.1 Å². The summed E-state index contributed by atoms with van der Waals surface area (Å²) >= 11 is 11.5. The van der Waals surface area contributed by atoms with Crippen LogP contribution in [0.5, 0.6) is 0 Å². The third-order valence-electron chi connectivity index (χ3n) is 2.53. The van der Waals surface area contributed by atoms with Crippen LogP contribution in [0.4, 0.5) is 0 Å². The van der Waals surface area contributed by atoms with Crippen molar-refractivity contribution in [1.29, 1.82) is 0 Å². The molecule has 0 saturated heterocycles. The van der Waals surface area contributed by atoms with Gasteiger partial charge in [-0.05, 0) is 37.1 Å². The zero-order chi connectivity index (χ0) is 11.8. The van der Waals surface area contributed by atoms with Crippen molar-refractivity contribution in [2.24, 2.45) is 0 Å². The van der Waals surface area contributed by atoms with E-state index in [0.717, 1.165) is 0 Å². The molecule has 0 amide bonds. The number of hydrogen-bond donors (Lipinski definition) is 1. The number of sulfonamides is 1. The van der Waals surface area contributed by atoms with Gasteiger partial charge in [0, 0.05) is 16.4 Å². The van der Waals surface area contributed by atoms with Gasteiger partial charge in [-0.3, -0.25) is 0 Å². The number of halogens is 2. The summed E-state index contributed by atoms with van der Waals surface area (Å²) in [5.41, 5.74) is 0. The Hall–Kier alpha value is -0.290. The first kappa shape index (κ1) is 12.2. The molecule has 1 fully saturated rings. The van der Waals surface area contributed by atoms with E-state index in [0.29, 0.717) is 17.9 Å². The summed E-state index contributed by atoms with van der Waals surface area (Å²) in [5, 5.41) is 0.612. The van der Waals surface area contributed by atoms with E-state index in [4.69, 9.17) is 23.2 Å². The summed E-state index contributed by atoms with van der Waals surface area (Å²) < 4.78 is 26.3. The fourth-order valence-electron chi connectivity index (χ4n) is 1.55. The Kier molecular flexibility index (Phi) is 3.45. The Balaban J connectivity index is 2.10. The van der Waals surface area contributed by atoms with Crippen molar-refractivity contribution in [2.75, 3.05) is 0 Å². The first-order valence-electron chi connectivity index (χ1n) is 4.89. The van der Waals surface area contributed by atoms with E-state index >= 15 is 0 Å². The van der Waals surface area contributed by atoms with Crippen molar-refractivity contribution in [2.45, 2.75) is 29.2 Å². The molecule has 0 bridgehead atoms. The first-order chi connectivity index (χ1) is 7.47. The van der Waals surface area contributed by atoms with Gasteiger partial charge in [0.1, 0.15) is 0 Å². The lowest BCUT2D eigenvalue weighted by Crippen LogP contribution is -2.44. The molecule has 0 spiro atoms. The van der Waals surface area contributed by atoms with Gasteiger partial charge in [-0.15, -0.1) is 11.6 Å². The molecule has 0 unspecified atom stereocenters. The number of benzene rings is 1. The quantitative estimate of drug-likeness (QED) is 0.864. The Morgan fingerprint density at radius 1 is 1.19 bits per heavy atom. The zero-order valence-corrected chi connectivity index (χ0v) is 10.7. The lowest BCUT2D eigenvalue weighted by molar-refractivity contribution is 0.391. The molecular weight excluding hydrogens is 269 g/mol. The van der Waals surface area contributed by atoms with Crippen LogP contribution in [0.2, 0.25) is 5.02 Å². The molecule has 0 aromatic heterocycles. The van der Waals surface area contributed by atoms with Gasteiger partial charge in [0.05, 0.1) is 4.90 Å². The molecule has 1 aromatic carbocycles. The molecule has 1 saturated carbocycles. The van der Waals surface area contributed by atoms with Crippen LogP contribution in [0.3, 0.4) is 0 Å². The Morgan fingerprint density at radius 2 is 1.75 bits per heavy atom. The van der Waals surface area contributed by atoms with Gasteiger partial charge in [-0.25, -0.2) is 13.1 Å². The molecule has 2 rings (SSSR count). The molecule has 1 aliphatic carbocycles. The second kappa shape index (κ2) is 4.53. The monoisotopic (exact) mass is 279 g/mol. The molecular formula is C10H11Cl2NO2S. The molecule has 0 heterocycles. The minimum absolute atomic E-state index is 0.0387. The Morgan fingerprint density at radius 3 is 2.25 bits per heavy atom. The van der Waals surface area contributed by atoms with E-state index in [2.05, 4.69) is 4.72 Å². The van der Waals surface area contributed by atoms with Crippen LogP contribution in [0.15, 0.2) is 29.2 Å². The van der Waals surface area contributed by atoms with E-state index in [1.807, 2.05) is 0 Å². The highest BCUT2D eigenvalue weighted by Crippen LogP contribution is 2.27. The third kappa shape index (κ3) is 2.69. The van der Waals surface area contributed by atoms with Crippen LogP contribution in [-0.2, 0) is 10.0 Å². The average molecular weight is 280 g/mol. The van der Waals surface area contributed by atoms with Gasteiger partial charge >= 0.3 is 0 Å². The van der Waals surface area contributed by atoms with Crippen LogP contribution in [0, 0.1) is 0 Å². The van der Waals surface area contributed by atoms with Gasteiger partial charge in [-0.1, -0.05) is 11.6 Å². The number of rotatable bonds is 3. The van der Waals surface area contributed by atoms with Gasteiger partial charge in [0.15, 0.2) is 0 Å². The van der Waals surface area contributed by atoms with Gasteiger partial charge in [0.25, 0.3) is 0 Å². The maximum absolute atomic E-state index is 11.9. The molecule has 0 atom stereocenters. The van der Waals surface area contributed by atoms with Crippen molar-refractivity contribution in [3.8, 4) is 0 Å². The van der Waals surface area contributed by atoms with E-state index < -0.39 is 10.0 Å². The summed E-state index contributed by atoms with van der Waals surface area (Å²) in [7, 11) is -3.43. The molecule has 0 aliphatic heterocycles. The minimum Gasteiger partial charge on any atom is -0.208 e. The second-order valence-electron chi connectivity index (χ2n) is 3.84. The molecule has 3 nitrogen and oxygen atoms in total. The van der Waals surface area contributed by atoms with Crippen LogP contribution < -0.4 is 4.72 Å². The maximum Gasteiger partial charge on any atom is 0.240 e. The number of nitrogens with one attached hydrogen (secondary N) is 1. The molecule has 0 radical (unpaired) electrons. The van der Waals surface area contributed by atoms with Crippen molar-refractivity contribution < 1.29 is 8.42 Å². The fraction of sp³-hybridized carbons (Fsp3) is 0.400.